The minimum atomic E-state index is -0.801. The van der Waals surface area contributed by atoms with Gasteiger partial charge in [-0.05, 0) is 68.1 Å². The first-order valence-corrected chi connectivity index (χ1v) is 14.6. The fourth-order valence-corrected chi connectivity index (χ4v) is 5.44. The summed E-state index contributed by atoms with van der Waals surface area (Å²) in [4.78, 5) is 30.7. The Hall–Kier alpha value is -5.36. The van der Waals surface area contributed by atoms with Crippen molar-refractivity contribution in [1.82, 2.24) is 14.1 Å². The van der Waals surface area contributed by atoms with Crippen molar-refractivity contribution in [2.45, 2.75) is 26.9 Å². The molecular formula is C34H23Cl2F4N5O2. The molecule has 7 nitrogen and oxygen atoms in total. The van der Waals surface area contributed by atoms with Gasteiger partial charge in [-0.3, -0.25) is 9.59 Å². The van der Waals surface area contributed by atoms with Crippen LogP contribution >= 0.6 is 23.2 Å². The van der Waals surface area contributed by atoms with Gasteiger partial charge in [-0.25, -0.2) is 22.4 Å². The third-order valence-electron chi connectivity index (χ3n) is 7.02. The number of hydrogen-bond donors (Lipinski definition) is 1. The van der Waals surface area contributed by atoms with Gasteiger partial charge >= 0.3 is 0 Å². The Bertz CT molecular complexity index is 2190. The van der Waals surface area contributed by atoms with E-state index in [1.54, 1.807) is 19.9 Å². The Balaban J connectivity index is 0.000000215. The summed E-state index contributed by atoms with van der Waals surface area (Å²) in [5, 5.41) is 8.49. The van der Waals surface area contributed by atoms with Gasteiger partial charge in [0.05, 0.1) is 35.2 Å². The van der Waals surface area contributed by atoms with Crippen LogP contribution in [-0.4, -0.2) is 14.1 Å². The molecule has 0 bridgehead atoms. The number of halogens is 6. The monoisotopic (exact) mass is 679 g/mol. The maximum absolute atomic E-state index is 14.4. The van der Waals surface area contributed by atoms with E-state index in [4.69, 9.17) is 35.0 Å². The molecule has 0 radical (unpaired) electrons. The number of aromatic nitrogens is 3. The maximum atomic E-state index is 14.4. The van der Waals surface area contributed by atoms with Crippen molar-refractivity contribution in [2.24, 2.45) is 0 Å². The summed E-state index contributed by atoms with van der Waals surface area (Å²) in [7, 11) is 0. The molecule has 13 heteroatoms. The second-order valence-electron chi connectivity index (χ2n) is 9.67. The van der Waals surface area contributed by atoms with Crippen molar-refractivity contribution >= 4 is 35.0 Å². The van der Waals surface area contributed by atoms with E-state index in [2.05, 4.69) is 9.83 Å². The first-order valence-electron chi connectivity index (χ1n) is 13.9. The number of nitrogens with one attached hydrogen (secondary N) is 1. The lowest BCUT2D eigenvalue weighted by Gasteiger charge is -2.18. The second kappa shape index (κ2) is 14.8. The van der Waals surface area contributed by atoms with Gasteiger partial charge in [0.25, 0.3) is 11.1 Å². The quantitative estimate of drug-likeness (QED) is 0.110. The van der Waals surface area contributed by atoms with Crippen LogP contribution in [0.25, 0.3) is 44.6 Å². The molecule has 0 saturated heterocycles. The van der Waals surface area contributed by atoms with Crippen LogP contribution in [0.15, 0.2) is 76.6 Å². The van der Waals surface area contributed by atoms with Crippen molar-refractivity contribution in [3.63, 3.8) is 0 Å². The molecule has 0 unspecified atom stereocenters. The smallest absolute Gasteiger partial charge is 0.269 e. The minimum Gasteiger partial charge on any atom is -0.378 e. The van der Waals surface area contributed by atoms with E-state index in [1.165, 1.54) is 51.9 Å². The Morgan fingerprint density at radius 2 is 1.32 bits per heavy atom. The van der Waals surface area contributed by atoms with Gasteiger partial charge in [-0.2, -0.15) is 5.26 Å². The second-order valence-corrected chi connectivity index (χ2v) is 10.5. The van der Waals surface area contributed by atoms with Crippen LogP contribution in [0, 0.1) is 41.2 Å². The molecule has 0 aliphatic carbocycles. The summed E-state index contributed by atoms with van der Waals surface area (Å²) >= 11 is 11.9. The number of hydrogen-bond acceptors (Lipinski definition) is 3. The summed E-state index contributed by atoms with van der Waals surface area (Å²) < 4.78 is 59.5. The van der Waals surface area contributed by atoms with E-state index in [0.717, 1.165) is 30.3 Å². The Kier molecular flexibility index (Phi) is 10.9. The molecular weight excluding hydrogens is 657 g/mol. The number of allylic oxidation sites excluding steroid dienone is 1. The van der Waals surface area contributed by atoms with Gasteiger partial charge < -0.3 is 14.1 Å². The third-order valence-corrected chi connectivity index (χ3v) is 7.57. The molecule has 0 aliphatic heterocycles. The van der Waals surface area contributed by atoms with Crippen molar-refractivity contribution in [3.8, 4) is 39.7 Å². The zero-order valence-corrected chi connectivity index (χ0v) is 26.2. The number of benzene rings is 2. The molecule has 3 aromatic heterocycles. The highest BCUT2D eigenvalue weighted by Crippen LogP contribution is 2.39. The van der Waals surface area contributed by atoms with Gasteiger partial charge in [-0.15, -0.1) is 0 Å². The third kappa shape index (κ3) is 6.77. The van der Waals surface area contributed by atoms with Gasteiger partial charge in [0.1, 0.15) is 33.3 Å². The molecule has 5 aromatic rings. The number of nitriles is 1. The van der Waals surface area contributed by atoms with Crippen LogP contribution in [0.3, 0.4) is 0 Å². The van der Waals surface area contributed by atoms with Crippen molar-refractivity contribution in [1.29, 1.82) is 5.26 Å². The maximum Gasteiger partial charge on any atom is 0.269 e. The first kappa shape index (κ1) is 34.5. The standard InChI is InChI=1S/C18H12ClF2N3O.C16H11ClF2N2O/c1-3-24-17(16-13(20)5-4-6-14(16)21)10(7-12(19)18(24)25)11-8-23-9-15(11)22-2;1-2-21-15(14-12(18)6-3-7-13(14)19)10(5-4-8-20)9-11(17)16(21)22/h4-9,23H,3H2,1H3;3-7,9H,2H2,1H3/b;5-4+. The van der Waals surface area contributed by atoms with Gasteiger partial charge in [0.15, 0.2) is 0 Å². The largest absolute Gasteiger partial charge is 0.378 e. The number of nitrogens with zero attached hydrogens (tertiary/aromatic N) is 4. The fourth-order valence-electron chi connectivity index (χ4n) is 5.01. The molecule has 238 valence electrons. The Morgan fingerprint density at radius 3 is 1.81 bits per heavy atom. The number of rotatable bonds is 6. The van der Waals surface area contributed by atoms with Gasteiger partial charge in [0, 0.05) is 36.5 Å². The van der Waals surface area contributed by atoms with Crippen LogP contribution in [0.5, 0.6) is 0 Å². The van der Waals surface area contributed by atoms with E-state index < -0.39 is 34.4 Å². The molecule has 0 spiro atoms. The number of H-pyrrole nitrogens is 1. The van der Waals surface area contributed by atoms with Gasteiger partial charge in [-0.1, -0.05) is 35.3 Å². The van der Waals surface area contributed by atoms with Crippen molar-refractivity contribution < 1.29 is 17.6 Å². The predicted octanol–water partition coefficient (Wildman–Crippen LogP) is 9.02. The Labute approximate surface area is 276 Å². The molecule has 2 aromatic carbocycles. The molecule has 0 amide bonds. The number of aromatic amines is 1. The lowest BCUT2D eigenvalue weighted by atomic mass is 9.99. The molecule has 5 rings (SSSR count). The van der Waals surface area contributed by atoms with Crippen LogP contribution in [0.1, 0.15) is 19.4 Å². The van der Waals surface area contributed by atoms with E-state index in [1.807, 2.05) is 0 Å². The molecule has 3 heterocycles. The zero-order chi connectivity index (χ0) is 34.4. The fraction of sp³-hybridized carbons (Fsp3) is 0.118. The highest BCUT2D eigenvalue weighted by atomic mass is 35.5. The van der Waals surface area contributed by atoms with E-state index >= 15 is 0 Å². The summed E-state index contributed by atoms with van der Waals surface area (Å²) in [5.41, 5.74) is -0.370. The summed E-state index contributed by atoms with van der Waals surface area (Å²) in [6.45, 7) is 10.9. The van der Waals surface area contributed by atoms with E-state index in [9.17, 15) is 27.2 Å². The average molecular weight is 680 g/mol. The van der Waals surface area contributed by atoms with Crippen LogP contribution in [0.2, 0.25) is 10.0 Å². The SMILES string of the molecule is CCn1c(-c2c(F)cccc2F)c(/C=C/C#N)cc(Cl)c1=O.[C-]#[N+]c1c[nH]cc1-c1cc(Cl)c(=O)n(CC)c1-c1c(F)cccc1F. The predicted molar refractivity (Wildman–Crippen MR) is 174 cm³/mol. The molecule has 0 saturated carbocycles. The number of pyridine rings is 2. The van der Waals surface area contributed by atoms with Crippen molar-refractivity contribution in [2.75, 3.05) is 0 Å². The summed E-state index contributed by atoms with van der Waals surface area (Å²) in [6, 6.07) is 11.4. The molecule has 0 atom stereocenters. The van der Waals surface area contributed by atoms with E-state index in [0.29, 0.717) is 11.1 Å². The lowest BCUT2D eigenvalue weighted by molar-refractivity contribution is 0.583. The van der Waals surface area contributed by atoms with Crippen LogP contribution < -0.4 is 11.1 Å². The molecule has 47 heavy (non-hydrogen) atoms. The average Bonchev–Trinajstić information content (AvgIpc) is 3.52. The lowest BCUT2D eigenvalue weighted by Crippen LogP contribution is -2.23. The van der Waals surface area contributed by atoms with Crippen LogP contribution in [-0.2, 0) is 13.1 Å². The molecule has 1 N–H and O–H groups in total. The Morgan fingerprint density at radius 1 is 0.830 bits per heavy atom. The molecule has 0 aliphatic rings. The highest BCUT2D eigenvalue weighted by Gasteiger charge is 2.24. The van der Waals surface area contributed by atoms with Crippen molar-refractivity contribution in [3.05, 3.63) is 138 Å². The van der Waals surface area contributed by atoms with Gasteiger partial charge in [0.2, 0.25) is 5.69 Å². The zero-order valence-electron chi connectivity index (χ0n) is 24.7. The summed E-state index contributed by atoms with van der Waals surface area (Å²) in [5.74, 6) is -3.19. The van der Waals surface area contributed by atoms with Crippen LogP contribution in [0.4, 0.5) is 23.2 Å². The molecule has 0 fully saturated rings. The van der Waals surface area contributed by atoms with E-state index in [-0.39, 0.29) is 56.9 Å². The normalized spacial score (nSPS) is 10.8. The minimum absolute atomic E-state index is 0.0528. The highest BCUT2D eigenvalue weighted by molar-refractivity contribution is 6.31. The first-order chi connectivity index (χ1) is 22.5. The topological polar surface area (TPSA) is 87.9 Å². The summed E-state index contributed by atoms with van der Waals surface area (Å²) in [6.07, 6.45) is 5.52.